The van der Waals surface area contributed by atoms with E-state index in [1.165, 1.54) is 116 Å². The molecular formula is C66H57Cl3SiTi. The van der Waals surface area contributed by atoms with Crippen molar-refractivity contribution in [2.45, 2.75) is 53.5 Å². The molecule has 71 heavy (non-hydrogen) atoms. The van der Waals surface area contributed by atoms with Crippen molar-refractivity contribution in [1.29, 1.82) is 0 Å². The van der Waals surface area contributed by atoms with Crippen molar-refractivity contribution in [2.24, 2.45) is 0 Å². The molecule has 1 atom stereocenters. The van der Waals surface area contributed by atoms with E-state index in [0.717, 1.165) is 0 Å². The fourth-order valence-corrected chi connectivity index (χ4v) is 18.3. The van der Waals surface area contributed by atoms with Crippen LogP contribution in [0.2, 0.25) is 5.04 Å². The monoisotopic (exact) mass is 1030 g/mol. The van der Waals surface area contributed by atoms with Crippen molar-refractivity contribution in [3.63, 3.8) is 0 Å². The van der Waals surface area contributed by atoms with E-state index in [4.69, 9.17) is 0 Å². The minimum atomic E-state index is -3.72. The first-order valence-electron chi connectivity index (χ1n) is 23.7. The Morgan fingerprint density at radius 2 is 0.577 bits per heavy atom. The van der Waals surface area contributed by atoms with Crippen molar-refractivity contribution in [3.05, 3.63) is 258 Å². The molecule has 0 saturated heterocycles. The van der Waals surface area contributed by atoms with Gasteiger partial charge in [0.05, 0.1) is 0 Å². The summed E-state index contributed by atoms with van der Waals surface area (Å²) < 4.78 is 0. The molecule has 0 heterocycles. The van der Waals surface area contributed by atoms with Crippen LogP contribution in [0.3, 0.4) is 0 Å². The quantitative estimate of drug-likeness (QED) is 0.0792. The van der Waals surface area contributed by atoms with E-state index in [1.807, 2.05) is 0 Å². The molecule has 0 radical (unpaired) electrons. The Labute approximate surface area is 457 Å². The van der Waals surface area contributed by atoms with Gasteiger partial charge in [0.25, 0.3) is 0 Å². The van der Waals surface area contributed by atoms with Crippen LogP contribution in [0.1, 0.15) is 44.4 Å². The number of halogens is 3. The molecule has 0 fully saturated rings. The van der Waals surface area contributed by atoms with Gasteiger partial charge in [-0.25, -0.2) is 5.57 Å². The fourth-order valence-electron chi connectivity index (χ4n) is 11.4. The van der Waals surface area contributed by atoms with E-state index >= 15 is 0 Å². The Bertz CT molecular complexity index is 3020. The molecule has 0 N–H and O–H groups in total. The second-order valence-electron chi connectivity index (χ2n) is 18.8. The van der Waals surface area contributed by atoms with Gasteiger partial charge in [-0.2, -0.15) is 11.1 Å². The van der Waals surface area contributed by atoms with Gasteiger partial charge in [0.1, 0.15) is 8.07 Å². The summed E-state index contributed by atoms with van der Waals surface area (Å²) in [4.78, 5) is 0. The summed E-state index contributed by atoms with van der Waals surface area (Å²) in [5.41, 5.74) is 22.5. The summed E-state index contributed by atoms with van der Waals surface area (Å²) in [5.74, 6) is 0. The summed E-state index contributed by atoms with van der Waals surface area (Å²) in [7, 11) is -3.72. The number of aryl methyl sites for hydroxylation is 3. The molecule has 0 saturated carbocycles. The van der Waals surface area contributed by atoms with Crippen LogP contribution < -0.4 is 52.8 Å². The Morgan fingerprint density at radius 1 is 0.338 bits per heavy atom. The van der Waals surface area contributed by atoms with Gasteiger partial charge in [0.2, 0.25) is 0 Å². The third kappa shape index (κ3) is 9.70. The second kappa shape index (κ2) is 22.8. The minimum absolute atomic E-state index is 0. The molecule has 0 amide bonds. The summed E-state index contributed by atoms with van der Waals surface area (Å²) in [5, 5.41) is 3.57. The predicted molar refractivity (Wildman–Crippen MR) is 290 cm³/mol. The first-order valence-corrected chi connectivity index (χ1v) is 25.7. The van der Waals surface area contributed by atoms with Crippen molar-refractivity contribution in [2.75, 3.05) is 0 Å². The van der Waals surface area contributed by atoms with Gasteiger partial charge in [0, 0.05) is 0 Å². The Kier molecular flexibility index (Phi) is 17.5. The minimum Gasteiger partial charge on any atom is -1.00 e. The molecule has 10 rings (SSSR count). The first kappa shape index (κ1) is 54.6. The van der Waals surface area contributed by atoms with Crippen LogP contribution in [-0.4, -0.2) is 8.07 Å². The van der Waals surface area contributed by atoms with E-state index in [-0.39, 0.29) is 58.9 Å². The summed E-state index contributed by atoms with van der Waals surface area (Å²) in [6.45, 7) is 16.5. The predicted octanol–water partition coefficient (Wildman–Crippen LogP) is 6.95. The number of benzene rings is 9. The van der Waals surface area contributed by atoms with Gasteiger partial charge < -0.3 is 37.2 Å². The van der Waals surface area contributed by atoms with Crippen LogP contribution in [0.4, 0.5) is 0 Å². The van der Waals surface area contributed by atoms with E-state index in [0.29, 0.717) is 0 Å². The first-order chi connectivity index (χ1) is 32.6. The Hall–Kier alpha value is -5.74. The molecule has 1 unspecified atom stereocenters. The normalized spacial score (nSPS) is 14.0. The Morgan fingerprint density at radius 3 is 0.803 bits per heavy atom. The van der Waals surface area contributed by atoms with E-state index in [1.54, 1.807) is 0 Å². The van der Waals surface area contributed by atoms with E-state index < -0.39 is 13.1 Å². The molecule has 0 bridgehead atoms. The average molecular weight is 1030 g/mol. The zero-order chi connectivity index (χ0) is 46.3. The van der Waals surface area contributed by atoms with Gasteiger partial charge in [-0.3, -0.25) is 6.08 Å². The maximum atomic E-state index is 4.44. The van der Waals surface area contributed by atoms with Crippen LogP contribution in [0.5, 0.6) is 0 Å². The van der Waals surface area contributed by atoms with Gasteiger partial charge >= 0.3 is 21.7 Å². The van der Waals surface area contributed by atoms with Gasteiger partial charge in [0.15, 0.2) is 0 Å². The summed E-state index contributed by atoms with van der Waals surface area (Å²) in [6.07, 6.45) is 4.44. The van der Waals surface area contributed by atoms with Crippen LogP contribution in [0, 0.1) is 26.8 Å². The number of allylic oxidation sites excluding steroid dienone is 4. The molecule has 5 heteroatoms. The largest absolute Gasteiger partial charge is 4.00 e. The molecule has 0 aliphatic heterocycles. The maximum Gasteiger partial charge on any atom is 4.00 e. The molecule has 9 aromatic rings. The zero-order valence-corrected chi connectivity index (χ0v) is 46.2. The number of rotatable bonds is 10. The molecule has 0 aromatic heterocycles. The second-order valence-corrected chi connectivity index (χ2v) is 22.9. The smallest absolute Gasteiger partial charge is 1.00 e. The number of hydrogen-bond acceptors (Lipinski definition) is 0. The molecule has 1 aliphatic rings. The summed E-state index contributed by atoms with van der Waals surface area (Å²) in [6, 6.07) is 82.1. The molecular weight excluding hydrogens is 975 g/mol. The zero-order valence-electron chi connectivity index (χ0n) is 41.4. The molecule has 1 aliphatic carbocycles. The van der Waals surface area contributed by atoms with Crippen molar-refractivity contribution >= 4 is 23.6 Å². The SMILES string of the molecule is CC1=[C-]C(C)([Si](c2cc(C)cc(-c3ccccc3)c2-c2ccccc2)(c2cc(C)cc(-c3ccccc3)c2-c2ccccc2)c2cc(C)cc(-c3ccccc3)c2-c2ccccc2)C(C)=C1C.[Cl-].[Cl-].[Cl-].[Ti+4]. The molecule has 350 valence electrons. The van der Waals surface area contributed by atoms with Crippen LogP contribution in [0.25, 0.3) is 66.8 Å². The Balaban J connectivity index is 0.00000206. The number of hydrogen-bond donors (Lipinski definition) is 0. The molecule has 0 spiro atoms. The van der Waals surface area contributed by atoms with E-state index in [2.05, 4.69) is 273 Å². The van der Waals surface area contributed by atoms with Crippen LogP contribution in [-0.2, 0) is 21.7 Å². The summed E-state index contributed by atoms with van der Waals surface area (Å²) >= 11 is 0. The average Bonchev–Trinajstić information content (AvgIpc) is 3.57. The fraction of sp³-hybridized carbons (Fsp3) is 0.121. The third-order valence-electron chi connectivity index (χ3n) is 14.6. The third-order valence-corrected chi connectivity index (χ3v) is 20.2. The van der Waals surface area contributed by atoms with Gasteiger partial charge in [-0.15, -0.1) is 6.92 Å². The van der Waals surface area contributed by atoms with Crippen molar-refractivity contribution in [3.8, 4) is 66.8 Å². The molecule has 0 nitrogen and oxygen atoms in total. The maximum absolute atomic E-state index is 4.44. The van der Waals surface area contributed by atoms with Gasteiger partial charge in [-0.1, -0.05) is 261 Å². The van der Waals surface area contributed by atoms with Crippen LogP contribution in [0.15, 0.2) is 235 Å². The standard InChI is InChI=1S/C66H57Si.3ClH.Ti/c1-45-38-57(51-26-14-8-15-27-51)63(54-32-20-11-21-33-54)60(41-45)67(66(7)44-48(4)49(5)50(66)6,61-42-46(2)39-58(52-28-16-9-17-29-52)64(61)55-34-22-12-23-35-55)62-43-47(3)40-59(53-30-18-10-19-31-53)65(62)56-36-24-13-25-37-56;;;;/h8-43H,1-7H3;3*1H;/q-1;;;;+4/p-3. The van der Waals surface area contributed by atoms with Crippen molar-refractivity contribution in [1.82, 2.24) is 0 Å². The molecule has 9 aromatic carbocycles. The topological polar surface area (TPSA) is 0 Å². The van der Waals surface area contributed by atoms with Crippen LogP contribution >= 0.6 is 0 Å². The van der Waals surface area contributed by atoms with E-state index in [9.17, 15) is 0 Å². The van der Waals surface area contributed by atoms with Crippen molar-refractivity contribution < 1.29 is 58.9 Å². The van der Waals surface area contributed by atoms with Gasteiger partial charge in [-0.05, 0) is 103 Å².